The summed E-state index contributed by atoms with van der Waals surface area (Å²) in [4.78, 5) is 4.10. The SMILES string of the molecule is COc1ccc(Nc2ncc(N)cc2C#N)cc1. The quantitative estimate of drug-likeness (QED) is 0.859. The number of anilines is 3. The highest BCUT2D eigenvalue weighted by molar-refractivity contribution is 5.65. The number of nitriles is 1. The molecule has 0 aliphatic carbocycles. The molecule has 1 aromatic carbocycles. The number of benzene rings is 1. The van der Waals surface area contributed by atoms with Crippen LogP contribution in [0.2, 0.25) is 0 Å². The second-order valence-electron chi connectivity index (χ2n) is 3.63. The molecule has 2 aromatic rings. The van der Waals surface area contributed by atoms with Crippen molar-refractivity contribution in [3.63, 3.8) is 0 Å². The van der Waals surface area contributed by atoms with E-state index in [1.54, 1.807) is 13.2 Å². The van der Waals surface area contributed by atoms with Crippen LogP contribution in [-0.2, 0) is 0 Å². The number of hydrogen-bond donors (Lipinski definition) is 2. The van der Waals surface area contributed by atoms with Crippen molar-refractivity contribution < 1.29 is 4.74 Å². The van der Waals surface area contributed by atoms with E-state index in [1.807, 2.05) is 30.3 Å². The first-order chi connectivity index (χ1) is 8.72. The van der Waals surface area contributed by atoms with Gasteiger partial charge < -0.3 is 15.8 Å². The molecule has 18 heavy (non-hydrogen) atoms. The van der Waals surface area contributed by atoms with E-state index in [9.17, 15) is 0 Å². The molecule has 0 amide bonds. The molecule has 0 bridgehead atoms. The average molecular weight is 240 g/mol. The molecular weight excluding hydrogens is 228 g/mol. The van der Waals surface area contributed by atoms with Gasteiger partial charge in [0.2, 0.25) is 0 Å². The highest BCUT2D eigenvalue weighted by Gasteiger charge is 2.04. The Kier molecular flexibility index (Phi) is 3.30. The van der Waals surface area contributed by atoms with Crippen molar-refractivity contribution in [3.05, 3.63) is 42.1 Å². The van der Waals surface area contributed by atoms with Crippen LogP contribution in [0.4, 0.5) is 17.2 Å². The highest BCUT2D eigenvalue weighted by Crippen LogP contribution is 2.21. The largest absolute Gasteiger partial charge is 0.497 e. The summed E-state index contributed by atoms with van der Waals surface area (Å²) in [6, 6.07) is 11.0. The molecule has 0 fully saturated rings. The van der Waals surface area contributed by atoms with Gasteiger partial charge in [-0.3, -0.25) is 0 Å². The van der Waals surface area contributed by atoms with Gasteiger partial charge in [-0.05, 0) is 30.3 Å². The van der Waals surface area contributed by atoms with Crippen molar-refractivity contribution >= 4 is 17.2 Å². The van der Waals surface area contributed by atoms with Gasteiger partial charge in [0, 0.05) is 5.69 Å². The number of rotatable bonds is 3. The highest BCUT2D eigenvalue weighted by atomic mass is 16.5. The first-order valence-corrected chi connectivity index (χ1v) is 5.29. The van der Waals surface area contributed by atoms with Crippen LogP contribution in [-0.4, -0.2) is 12.1 Å². The molecule has 0 spiro atoms. The summed E-state index contributed by atoms with van der Waals surface area (Å²) in [5.74, 6) is 1.25. The zero-order valence-electron chi connectivity index (χ0n) is 9.84. The summed E-state index contributed by atoms with van der Waals surface area (Å²) in [6.07, 6.45) is 1.51. The lowest BCUT2D eigenvalue weighted by atomic mass is 10.2. The molecule has 0 saturated heterocycles. The molecule has 90 valence electrons. The van der Waals surface area contributed by atoms with E-state index < -0.39 is 0 Å². The molecule has 1 heterocycles. The molecular formula is C13H12N4O. The average Bonchev–Trinajstić information content (AvgIpc) is 2.41. The van der Waals surface area contributed by atoms with Crippen molar-refractivity contribution in [2.75, 3.05) is 18.2 Å². The van der Waals surface area contributed by atoms with Crippen molar-refractivity contribution in [1.29, 1.82) is 5.26 Å². The Morgan fingerprint density at radius 2 is 2.06 bits per heavy atom. The van der Waals surface area contributed by atoms with Gasteiger partial charge in [0.1, 0.15) is 17.6 Å². The first kappa shape index (κ1) is 11.7. The lowest BCUT2D eigenvalue weighted by Gasteiger charge is -2.08. The maximum atomic E-state index is 9.00. The minimum absolute atomic E-state index is 0.408. The lowest BCUT2D eigenvalue weighted by molar-refractivity contribution is 0.415. The van der Waals surface area contributed by atoms with Gasteiger partial charge in [-0.1, -0.05) is 0 Å². The summed E-state index contributed by atoms with van der Waals surface area (Å²) < 4.78 is 5.07. The Labute approximate surface area is 105 Å². The fraction of sp³-hybridized carbons (Fsp3) is 0.0769. The van der Waals surface area contributed by atoms with Gasteiger partial charge in [-0.25, -0.2) is 4.98 Å². The van der Waals surface area contributed by atoms with Crippen LogP contribution in [0.15, 0.2) is 36.5 Å². The van der Waals surface area contributed by atoms with Crippen LogP contribution in [0, 0.1) is 11.3 Å². The van der Waals surface area contributed by atoms with Crippen molar-refractivity contribution in [2.24, 2.45) is 0 Å². The van der Waals surface area contributed by atoms with Crippen molar-refractivity contribution in [3.8, 4) is 11.8 Å². The Bertz CT molecular complexity index is 587. The standard InChI is InChI=1S/C13H12N4O/c1-18-12-4-2-11(3-5-12)17-13-9(7-14)6-10(15)8-16-13/h2-6,8H,15H2,1H3,(H,16,17). The number of nitrogen functional groups attached to an aromatic ring is 1. The Balaban J connectivity index is 2.25. The van der Waals surface area contributed by atoms with E-state index in [4.69, 9.17) is 15.7 Å². The number of nitrogens with zero attached hydrogens (tertiary/aromatic N) is 2. The number of nitrogens with two attached hydrogens (primary N) is 1. The van der Waals surface area contributed by atoms with Crippen LogP contribution >= 0.6 is 0 Å². The molecule has 1 aromatic heterocycles. The number of nitrogens with one attached hydrogen (secondary N) is 1. The smallest absolute Gasteiger partial charge is 0.148 e. The first-order valence-electron chi connectivity index (χ1n) is 5.29. The van der Waals surface area contributed by atoms with Crippen LogP contribution in [0.25, 0.3) is 0 Å². The number of methoxy groups -OCH3 is 1. The maximum absolute atomic E-state index is 9.00. The molecule has 0 unspecified atom stereocenters. The lowest BCUT2D eigenvalue weighted by Crippen LogP contribution is -1.98. The van der Waals surface area contributed by atoms with Gasteiger partial charge in [-0.2, -0.15) is 5.26 Å². The van der Waals surface area contributed by atoms with E-state index in [2.05, 4.69) is 10.3 Å². The van der Waals surface area contributed by atoms with E-state index in [-0.39, 0.29) is 0 Å². The molecule has 2 rings (SSSR count). The van der Waals surface area contributed by atoms with Gasteiger partial charge in [-0.15, -0.1) is 0 Å². The van der Waals surface area contributed by atoms with Crippen LogP contribution in [0.3, 0.4) is 0 Å². The van der Waals surface area contributed by atoms with Gasteiger partial charge in [0.15, 0.2) is 0 Å². The number of aromatic nitrogens is 1. The van der Waals surface area contributed by atoms with Crippen LogP contribution in [0.5, 0.6) is 5.75 Å². The number of hydrogen-bond acceptors (Lipinski definition) is 5. The van der Waals surface area contributed by atoms with E-state index in [0.29, 0.717) is 17.1 Å². The van der Waals surface area contributed by atoms with E-state index in [0.717, 1.165) is 11.4 Å². The predicted molar refractivity (Wildman–Crippen MR) is 69.6 cm³/mol. The number of ether oxygens (including phenoxy) is 1. The zero-order valence-corrected chi connectivity index (χ0v) is 9.84. The zero-order chi connectivity index (χ0) is 13.0. The monoisotopic (exact) mass is 240 g/mol. The third kappa shape index (κ3) is 2.50. The maximum Gasteiger partial charge on any atom is 0.148 e. The summed E-state index contributed by atoms with van der Waals surface area (Å²) in [5, 5.41) is 12.1. The minimum Gasteiger partial charge on any atom is -0.497 e. The fourth-order valence-electron chi connectivity index (χ4n) is 1.48. The normalized spacial score (nSPS) is 9.56. The van der Waals surface area contributed by atoms with Gasteiger partial charge in [0.25, 0.3) is 0 Å². The Morgan fingerprint density at radius 3 is 2.67 bits per heavy atom. The molecule has 5 heteroatoms. The predicted octanol–water partition coefficient (Wildman–Crippen LogP) is 2.29. The summed E-state index contributed by atoms with van der Waals surface area (Å²) >= 11 is 0. The van der Waals surface area contributed by atoms with E-state index in [1.165, 1.54) is 6.20 Å². The Hall–Kier alpha value is -2.74. The molecule has 0 saturated carbocycles. The molecule has 3 N–H and O–H groups in total. The van der Waals surface area contributed by atoms with Crippen LogP contribution < -0.4 is 15.8 Å². The second-order valence-corrected chi connectivity index (χ2v) is 3.63. The molecule has 0 radical (unpaired) electrons. The second kappa shape index (κ2) is 5.06. The summed E-state index contributed by atoms with van der Waals surface area (Å²) in [6.45, 7) is 0. The summed E-state index contributed by atoms with van der Waals surface area (Å²) in [5.41, 5.74) is 7.27. The van der Waals surface area contributed by atoms with Crippen LogP contribution in [0.1, 0.15) is 5.56 Å². The van der Waals surface area contributed by atoms with Gasteiger partial charge >= 0.3 is 0 Å². The fourth-order valence-corrected chi connectivity index (χ4v) is 1.48. The minimum atomic E-state index is 0.408. The van der Waals surface area contributed by atoms with E-state index >= 15 is 0 Å². The topological polar surface area (TPSA) is 84.0 Å². The molecule has 5 nitrogen and oxygen atoms in total. The van der Waals surface area contributed by atoms with Crippen molar-refractivity contribution in [1.82, 2.24) is 4.98 Å². The Morgan fingerprint density at radius 1 is 1.33 bits per heavy atom. The van der Waals surface area contributed by atoms with Crippen molar-refractivity contribution in [2.45, 2.75) is 0 Å². The number of pyridine rings is 1. The van der Waals surface area contributed by atoms with Gasteiger partial charge in [0.05, 0.1) is 24.6 Å². The third-order valence-electron chi connectivity index (χ3n) is 2.38. The molecule has 0 aliphatic heterocycles. The third-order valence-corrected chi connectivity index (χ3v) is 2.38. The molecule has 0 atom stereocenters. The summed E-state index contributed by atoms with van der Waals surface area (Å²) in [7, 11) is 1.61. The molecule has 0 aliphatic rings.